The topological polar surface area (TPSA) is 74.7 Å². The van der Waals surface area contributed by atoms with Crippen molar-refractivity contribution in [1.82, 2.24) is 10.1 Å². The zero-order valence-corrected chi connectivity index (χ0v) is 7.84. The summed E-state index contributed by atoms with van der Waals surface area (Å²) in [5.41, 5.74) is 1.28. The summed E-state index contributed by atoms with van der Waals surface area (Å²) in [6.07, 6.45) is 3.13. The lowest BCUT2D eigenvalue weighted by atomic mass is 10.3. The van der Waals surface area contributed by atoms with E-state index in [9.17, 15) is 0 Å². The van der Waals surface area contributed by atoms with E-state index in [1.165, 1.54) is 6.26 Å². The molecule has 0 spiro atoms. The molecule has 5 heteroatoms. The molecule has 1 N–H and O–H groups in total. The summed E-state index contributed by atoms with van der Waals surface area (Å²) in [4.78, 5) is 4.06. The molecule has 0 aliphatic carbocycles. The van der Waals surface area contributed by atoms with Gasteiger partial charge in [-0.1, -0.05) is 5.16 Å². The minimum atomic E-state index is 0.488. The maximum Gasteiger partial charge on any atom is 0.144 e. The van der Waals surface area contributed by atoms with Crippen LogP contribution in [0.3, 0.4) is 0 Å². The third-order valence-corrected chi connectivity index (χ3v) is 1.86. The van der Waals surface area contributed by atoms with Gasteiger partial charge in [-0.25, -0.2) is 4.98 Å². The second-order valence-corrected chi connectivity index (χ2v) is 2.86. The van der Waals surface area contributed by atoms with Crippen LogP contribution in [0, 0.1) is 11.3 Å². The second-order valence-electron chi connectivity index (χ2n) is 2.86. The quantitative estimate of drug-likeness (QED) is 0.813. The molecule has 0 unspecified atom stereocenters. The van der Waals surface area contributed by atoms with Crippen molar-refractivity contribution in [1.29, 1.82) is 5.26 Å². The van der Waals surface area contributed by atoms with Crippen LogP contribution in [0.2, 0.25) is 0 Å². The molecule has 2 aromatic heterocycles. The summed E-state index contributed by atoms with van der Waals surface area (Å²) in [5, 5.41) is 15.6. The van der Waals surface area contributed by atoms with Crippen molar-refractivity contribution >= 4 is 5.82 Å². The molecule has 2 aromatic rings. The third-order valence-electron chi connectivity index (χ3n) is 1.86. The lowest BCUT2D eigenvalue weighted by molar-refractivity contribution is 0.412. The fourth-order valence-electron chi connectivity index (χ4n) is 1.14. The SMILES string of the molecule is N#Cc1cccnc1NCc1ccon1. The highest BCUT2D eigenvalue weighted by Crippen LogP contribution is 2.10. The summed E-state index contributed by atoms with van der Waals surface area (Å²) in [7, 11) is 0. The normalized spacial score (nSPS) is 9.53. The van der Waals surface area contributed by atoms with Gasteiger partial charge in [0.25, 0.3) is 0 Å². The van der Waals surface area contributed by atoms with E-state index >= 15 is 0 Å². The summed E-state index contributed by atoms with van der Waals surface area (Å²) in [6.45, 7) is 0.488. The van der Waals surface area contributed by atoms with Crippen LogP contribution in [-0.2, 0) is 6.54 Å². The van der Waals surface area contributed by atoms with Gasteiger partial charge in [-0.2, -0.15) is 5.26 Å². The van der Waals surface area contributed by atoms with Gasteiger partial charge in [0.2, 0.25) is 0 Å². The predicted octanol–water partition coefficient (Wildman–Crippen LogP) is 1.55. The number of nitrogens with one attached hydrogen (secondary N) is 1. The molecule has 0 aliphatic heterocycles. The molecular formula is C10H8N4O. The maximum absolute atomic E-state index is 8.81. The fraction of sp³-hybridized carbons (Fsp3) is 0.100. The number of anilines is 1. The van der Waals surface area contributed by atoms with Crippen LogP contribution in [0.15, 0.2) is 35.2 Å². The Balaban J connectivity index is 2.08. The summed E-state index contributed by atoms with van der Waals surface area (Å²) in [5.74, 6) is 0.558. The molecule has 0 aliphatic rings. The Bertz CT molecular complexity index is 472. The Kier molecular flexibility index (Phi) is 2.61. The van der Waals surface area contributed by atoms with Crippen molar-refractivity contribution in [2.24, 2.45) is 0 Å². The van der Waals surface area contributed by atoms with Gasteiger partial charge in [0.1, 0.15) is 23.8 Å². The monoisotopic (exact) mass is 200 g/mol. The van der Waals surface area contributed by atoms with Crippen molar-refractivity contribution in [3.8, 4) is 6.07 Å². The molecule has 0 amide bonds. The number of aromatic nitrogens is 2. The average Bonchev–Trinajstić information content (AvgIpc) is 2.79. The smallest absolute Gasteiger partial charge is 0.144 e. The molecule has 0 saturated heterocycles. The highest BCUT2D eigenvalue weighted by Gasteiger charge is 2.02. The summed E-state index contributed by atoms with van der Waals surface area (Å²) >= 11 is 0. The van der Waals surface area contributed by atoms with Crippen LogP contribution in [0.4, 0.5) is 5.82 Å². The first kappa shape index (κ1) is 9.21. The van der Waals surface area contributed by atoms with Gasteiger partial charge in [-0.05, 0) is 12.1 Å². The summed E-state index contributed by atoms with van der Waals surface area (Å²) in [6, 6.07) is 7.24. The molecule has 2 heterocycles. The highest BCUT2D eigenvalue weighted by molar-refractivity contribution is 5.51. The van der Waals surface area contributed by atoms with E-state index < -0.39 is 0 Å². The van der Waals surface area contributed by atoms with Crippen LogP contribution in [-0.4, -0.2) is 10.1 Å². The molecule has 0 radical (unpaired) electrons. The lowest BCUT2D eigenvalue weighted by Crippen LogP contribution is -2.03. The van der Waals surface area contributed by atoms with E-state index in [4.69, 9.17) is 5.26 Å². The minimum Gasteiger partial charge on any atom is -0.364 e. The Morgan fingerprint density at radius 1 is 1.47 bits per heavy atom. The Morgan fingerprint density at radius 3 is 3.13 bits per heavy atom. The van der Waals surface area contributed by atoms with Crippen molar-refractivity contribution in [2.75, 3.05) is 5.32 Å². The van der Waals surface area contributed by atoms with Crippen molar-refractivity contribution in [3.63, 3.8) is 0 Å². The first-order valence-corrected chi connectivity index (χ1v) is 4.38. The lowest BCUT2D eigenvalue weighted by Gasteiger charge is -2.03. The van der Waals surface area contributed by atoms with Gasteiger partial charge in [-0.3, -0.25) is 0 Å². The molecule has 0 saturated carbocycles. The predicted molar refractivity (Wildman–Crippen MR) is 52.8 cm³/mol. The third kappa shape index (κ3) is 2.11. The Morgan fingerprint density at radius 2 is 2.40 bits per heavy atom. The van der Waals surface area contributed by atoms with Crippen molar-refractivity contribution < 1.29 is 4.52 Å². The van der Waals surface area contributed by atoms with Crippen LogP contribution < -0.4 is 5.32 Å². The van der Waals surface area contributed by atoms with E-state index in [1.807, 2.05) is 0 Å². The van der Waals surface area contributed by atoms with Gasteiger partial charge < -0.3 is 9.84 Å². The first-order chi connectivity index (χ1) is 7.40. The number of hydrogen-bond acceptors (Lipinski definition) is 5. The van der Waals surface area contributed by atoms with Crippen LogP contribution in [0.5, 0.6) is 0 Å². The average molecular weight is 200 g/mol. The van der Waals surface area contributed by atoms with E-state index in [0.29, 0.717) is 17.9 Å². The van der Waals surface area contributed by atoms with E-state index in [2.05, 4.69) is 26.0 Å². The first-order valence-electron chi connectivity index (χ1n) is 4.38. The van der Waals surface area contributed by atoms with Gasteiger partial charge in [-0.15, -0.1) is 0 Å². The Labute approximate surface area is 86.3 Å². The largest absolute Gasteiger partial charge is 0.364 e. The summed E-state index contributed by atoms with van der Waals surface area (Å²) < 4.78 is 4.68. The van der Waals surface area contributed by atoms with Gasteiger partial charge >= 0.3 is 0 Å². The van der Waals surface area contributed by atoms with Crippen molar-refractivity contribution in [2.45, 2.75) is 6.54 Å². The molecule has 0 atom stereocenters. The molecule has 15 heavy (non-hydrogen) atoms. The highest BCUT2D eigenvalue weighted by atomic mass is 16.5. The number of rotatable bonds is 3. The zero-order chi connectivity index (χ0) is 10.5. The molecule has 2 rings (SSSR count). The molecule has 5 nitrogen and oxygen atoms in total. The van der Waals surface area contributed by atoms with E-state index in [1.54, 1.807) is 24.4 Å². The molecule has 0 bridgehead atoms. The molecule has 0 aromatic carbocycles. The number of nitrogens with zero attached hydrogens (tertiary/aromatic N) is 3. The minimum absolute atomic E-state index is 0.488. The standard InChI is InChI=1S/C10H8N4O/c11-6-8-2-1-4-12-10(8)13-7-9-3-5-15-14-9/h1-5H,7H2,(H,12,13). The molecule has 0 fully saturated rings. The molecular weight excluding hydrogens is 192 g/mol. The number of nitriles is 1. The van der Waals surface area contributed by atoms with Gasteiger partial charge in [0.05, 0.1) is 12.1 Å². The van der Waals surface area contributed by atoms with Crippen LogP contribution in [0.25, 0.3) is 0 Å². The van der Waals surface area contributed by atoms with Gasteiger partial charge in [0.15, 0.2) is 0 Å². The van der Waals surface area contributed by atoms with Crippen LogP contribution in [0.1, 0.15) is 11.3 Å². The fourth-order valence-corrected chi connectivity index (χ4v) is 1.14. The number of pyridine rings is 1. The second kappa shape index (κ2) is 4.24. The van der Waals surface area contributed by atoms with Gasteiger partial charge in [0, 0.05) is 12.3 Å². The van der Waals surface area contributed by atoms with Crippen LogP contribution >= 0.6 is 0 Å². The Hall–Kier alpha value is -2.35. The van der Waals surface area contributed by atoms with Crippen molar-refractivity contribution in [3.05, 3.63) is 41.9 Å². The number of hydrogen-bond donors (Lipinski definition) is 1. The maximum atomic E-state index is 8.81. The molecule has 74 valence electrons. The van der Waals surface area contributed by atoms with E-state index in [-0.39, 0.29) is 0 Å². The van der Waals surface area contributed by atoms with E-state index in [0.717, 1.165) is 5.69 Å². The zero-order valence-electron chi connectivity index (χ0n) is 7.84.